The molecule has 0 aliphatic rings. The maximum Gasteiger partial charge on any atom is 0.343 e. The quantitative estimate of drug-likeness (QED) is 0.801. The highest BCUT2D eigenvalue weighted by molar-refractivity contribution is 5.88. The number of hydrogen-bond acceptors (Lipinski definition) is 1. The zero-order valence-corrected chi connectivity index (χ0v) is 7.50. The Morgan fingerprint density at radius 1 is 1.47 bits per heavy atom. The molecule has 0 radical (unpaired) electrons. The number of fused-ring (bicyclic) bond motifs is 1. The Kier molecular flexibility index (Phi) is 2.15. The van der Waals surface area contributed by atoms with Crippen LogP contribution in [0.3, 0.4) is 0 Å². The number of rotatable bonds is 2. The minimum Gasteiger partial charge on any atom is -0.479 e. The Morgan fingerprint density at radius 3 is 2.87 bits per heavy atom. The van der Waals surface area contributed by atoms with Crippen LogP contribution >= 0.6 is 0 Å². The van der Waals surface area contributed by atoms with Crippen molar-refractivity contribution >= 4 is 16.9 Å². The lowest BCUT2D eigenvalue weighted by molar-refractivity contribution is -0.142. The van der Waals surface area contributed by atoms with Crippen LogP contribution in [0, 0.1) is 5.82 Å². The van der Waals surface area contributed by atoms with Gasteiger partial charge < -0.3 is 10.1 Å². The fourth-order valence-corrected chi connectivity index (χ4v) is 1.46. The molecule has 1 unspecified atom stereocenters. The van der Waals surface area contributed by atoms with E-state index in [9.17, 15) is 13.6 Å². The summed E-state index contributed by atoms with van der Waals surface area (Å²) in [5.41, 5.74) is 0.395. The van der Waals surface area contributed by atoms with Crippen LogP contribution in [0.25, 0.3) is 10.9 Å². The number of nitrogens with one attached hydrogen (secondary N) is 1. The van der Waals surface area contributed by atoms with Gasteiger partial charge in [0.05, 0.1) is 0 Å². The first kappa shape index (κ1) is 9.64. The number of carboxylic acids is 1. The first-order valence-electron chi connectivity index (χ1n) is 4.23. The van der Waals surface area contributed by atoms with Crippen LogP contribution < -0.4 is 0 Å². The number of aliphatic carboxylic acids is 1. The first-order chi connectivity index (χ1) is 7.09. The third-order valence-corrected chi connectivity index (χ3v) is 2.17. The Bertz CT molecular complexity index is 521. The van der Waals surface area contributed by atoms with Gasteiger partial charge in [-0.25, -0.2) is 13.6 Å². The highest BCUT2D eigenvalue weighted by atomic mass is 19.1. The van der Waals surface area contributed by atoms with Gasteiger partial charge in [-0.05, 0) is 18.2 Å². The van der Waals surface area contributed by atoms with Gasteiger partial charge in [-0.15, -0.1) is 0 Å². The van der Waals surface area contributed by atoms with Crippen LogP contribution in [0.1, 0.15) is 11.7 Å². The zero-order chi connectivity index (χ0) is 11.0. The van der Waals surface area contributed by atoms with Crippen molar-refractivity contribution in [2.75, 3.05) is 0 Å². The molecule has 0 aliphatic carbocycles. The number of hydrogen-bond donors (Lipinski definition) is 2. The van der Waals surface area contributed by atoms with E-state index in [2.05, 4.69) is 4.98 Å². The standard InChI is InChI=1S/C10H7F2NO2/c11-5-1-2-6-7(9(12)10(14)15)4-13-8(6)3-5/h1-4,9,13H,(H,14,15). The van der Waals surface area contributed by atoms with Gasteiger partial charge in [0.2, 0.25) is 6.17 Å². The van der Waals surface area contributed by atoms with E-state index in [-0.39, 0.29) is 5.56 Å². The van der Waals surface area contributed by atoms with E-state index in [0.29, 0.717) is 10.9 Å². The molecule has 2 N–H and O–H groups in total. The van der Waals surface area contributed by atoms with Crippen LogP contribution in [0.4, 0.5) is 8.78 Å². The maximum atomic E-state index is 13.2. The second-order valence-corrected chi connectivity index (χ2v) is 3.13. The van der Waals surface area contributed by atoms with Gasteiger partial charge in [0.1, 0.15) is 5.82 Å². The molecule has 78 valence electrons. The van der Waals surface area contributed by atoms with Crippen molar-refractivity contribution in [1.29, 1.82) is 0 Å². The lowest BCUT2D eigenvalue weighted by Gasteiger charge is -2.00. The SMILES string of the molecule is O=C(O)C(F)c1c[nH]c2cc(F)ccc12. The van der Waals surface area contributed by atoms with Gasteiger partial charge >= 0.3 is 5.97 Å². The largest absolute Gasteiger partial charge is 0.479 e. The molecule has 1 aromatic heterocycles. The van der Waals surface area contributed by atoms with E-state index >= 15 is 0 Å². The van der Waals surface area contributed by atoms with Gasteiger partial charge in [-0.2, -0.15) is 0 Å². The minimum absolute atomic E-state index is 0.0116. The number of alkyl halides is 1. The zero-order valence-electron chi connectivity index (χ0n) is 7.50. The lowest BCUT2D eigenvalue weighted by atomic mass is 10.1. The predicted octanol–water partition coefficient (Wildman–Crippen LogP) is 2.40. The molecule has 0 spiro atoms. The number of carbonyl (C=O) groups is 1. The average molecular weight is 211 g/mol. The van der Waals surface area contributed by atoms with Gasteiger partial charge in [-0.3, -0.25) is 0 Å². The fraction of sp³-hybridized carbons (Fsp3) is 0.100. The number of aromatic nitrogens is 1. The molecule has 2 rings (SSSR count). The molecule has 2 aromatic rings. The van der Waals surface area contributed by atoms with Crippen molar-refractivity contribution in [2.45, 2.75) is 6.17 Å². The van der Waals surface area contributed by atoms with E-state index in [1.807, 2.05) is 0 Å². The monoisotopic (exact) mass is 211 g/mol. The molecular formula is C10H7F2NO2. The Labute approximate surface area is 83.3 Å². The van der Waals surface area contributed by atoms with Crippen LogP contribution in [-0.2, 0) is 4.79 Å². The molecule has 3 nitrogen and oxygen atoms in total. The van der Waals surface area contributed by atoms with Crippen molar-refractivity contribution in [2.24, 2.45) is 0 Å². The Hall–Kier alpha value is -1.91. The predicted molar refractivity (Wildman–Crippen MR) is 49.7 cm³/mol. The summed E-state index contributed by atoms with van der Waals surface area (Å²) in [7, 11) is 0. The third kappa shape index (κ3) is 1.56. The molecule has 0 amide bonds. The lowest BCUT2D eigenvalue weighted by Crippen LogP contribution is -2.05. The highest BCUT2D eigenvalue weighted by Crippen LogP contribution is 2.27. The van der Waals surface area contributed by atoms with E-state index in [1.54, 1.807) is 0 Å². The van der Waals surface area contributed by atoms with Crippen molar-refractivity contribution in [3.63, 3.8) is 0 Å². The molecule has 0 saturated carbocycles. The molecule has 0 aliphatic heterocycles. The van der Waals surface area contributed by atoms with Crippen LogP contribution in [-0.4, -0.2) is 16.1 Å². The van der Waals surface area contributed by atoms with E-state index < -0.39 is 18.0 Å². The number of benzene rings is 1. The van der Waals surface area contributed by atoms with Crippen molar-refractivity contribution < 1.29 is 18.7 Å². The minimum atomic E-state index is -2.09. The summed E-state index contributed by atoms with van der Waals surface area (Å²) in [6.45, 7) is 0. The topological polar surface area (TPSA) is 53.1 Å². The summed E-state index contributed by atoms with van der Waals surface area (Å²) in [5.74, 6) is -2.01. The van der Waals surface area contributed by atoms with Gasteiger partial charge in [0.15, 0.2) is 0 Å². The molecule has 5 heteroatoms. The van der Waals surface area contributed by atoms with Crippen LogP contribution in [0.15, 0.2) is 24.4 Å². The van der Waals surface area contributed by atoms with Crippen LogP contribution in [0.2, 0.25) is 0 Å². The fourth-order valence-electron chi connectivity index (χ4n) is 1.46. The first-order valence-corrected chi connectivity index (χ1v) is 4.23. The molecule has 0 saturated heterocycles. The molecule has 0 bridgehead atoms. The smallest absolute Gasteiger partial charge is 0.343 e. The van der Waals surface area contributed by atoms with Crippen LogP contribution in [0.5, 0.6) is 0 Å². The summed E-state index contributed by atoms with van der Waals surface area (Å²) < 4.78 is 26.0. The summed E-state index contributed by atoms with van der Waals surface area (Å²) in [4.78, 5) is 13.1. The number of aromatic amines is 1. The van der Waals surface area contributed by atoms with Gasteiger partial charge in [0.25, 0.3) is 0 Å². The Balaban J connectivity index is 2.59. The molecular weight excluding hydrogens is 204 g/mol. The highest BCUT2D eigenvalue weighted by Gasteiger charge is 2.21. The molecule has 1 atom stereocenters. The second-order valence-electron chi connectivity index (χ2n) is 3.13. The van der Waals surface area contributed by atoms with Crippen molar-refractivity contribution in [1.82, 2.24) is 4.98 Å². The summed E-state index contributed by atoms with van der Waals surface area (Å²) >= 11 is 0. The summed E-state index contributed by atoms with van der Waals surface area (Å²) in [6.07, 6.45) is -0.854. The number of halogens is 2. The average Bonchev–Trinajstić information content (AvgIpc) is 2.59. The molecule has 15 heavy (non-hydrogen) atoms. The Morgan fingerprint density at radius 2 is 2.20 bits per heavy atom. The normalized spacial score (nSPS) is 12.9. The summed E-state index contributed by atoms with van der Waals surface area (Å²) in [6, 6.07) is 3.70. The molecule has 1 heterocycles. The maximum absolute atomic E-state index is 13.2. The van der Waals surface area contributed by atoms with Crippen molar-refractivity contribution in [3.05, 3.63) is 35.8 Å². The number of carboxylic acid groups (broad SMARTS) is 1. The van der Waals surface area contributed by atoms with Gasteiger partial charge in [0, 0.05) is 22.7 Å². The van der Waals surface area contributed by atoms with E-state index in [4.69, 9.17) is 5.11 Å². The van der Waals surface area contributed by atoms with E-state index in [0.717, 1.165) is 6.07 Å². The number of H-pyrrole nitrogens is 1. The van der Waals surface area contributed by atoms with Gasteiger partial charge in [-0.1, -0.05) is 0 Å². The van der Waals surface area contributed by atoms with Crippen molar-refractivity contribution in [3.8, 4) is 0 Å². The van der Waals surface area contributed by atoms with E-state index in [1.165, 1.54) is 18.3 Å². The molecule has 0 fully saturated rings. The third-order valence-electron chi connectivity index (χ3n) is 2.17. The summed E-state index contributed by atoms with van der Waals surface area (Å²) in [5, 5.41) is 8.89. The molecule has 1 aromatic carbocycles. The second kappa shape index (κ2) is 3.34.